The summed E-state index contributed by atoms with van der Waals surface area (Å²) in [5.41, 5.74) is 5.42. The second-order valence-electron chi connectivity index (χ2n) is 4.50. The zero-order valence-corrected chi connectivity index (χ0v) is 10.8. The molecule has 0 unspecified atom stereocenters. The van der Waals surface area contributed by atoms with Crippen molar-refractivity contribution < 1.29 is 0 Å². The van der Waals surface area contributed by atoms with E-state index in [9.17, 15) is 0 Å². The molecule has 1 nitrogen and oxygen atoms in total. The van der Waals surface area contributed by atoms with Gasteiger partial charge in [-0.05, 0) is 54.3 Å². The summed E-state index contributed by atoms with van der Waals surface area (Å²) in [7, 11) is 0. The van der Waals surface area contributed by atoms with Gasteiger partial charge in [-0.2, -0.15) is 0 Å². The van der Waals surface area contributed by atoms with Crippen molar-refractivity contribution in [1.82, 2.24) is 5.32 Å². The first-order valence-electron chi connectivity index (χ1n) is 5.83. The molecule has 0 saturated heterocycles. The summed E-state index contributed by atoms with van der Waals surface area (Å²) < 4.78 is 0. The largest absolute Gasteiger partial charge is 0.380 e. The van der Waals surface area contributed by atoms with Crippen molar-refractivity contribution in [3.63, 3.8) is 0 Å². The molecule has 0 fully saturated rings. The Morgan fingerprint density at radius 1 is 1.12 bits per heavy atom. The monoisotopic (exact) mass is 241 g/mol. The van der Waals surface area contributed by atoms with Gasteiger partial charge < -0.3 is 5.32 Å². The lowest BCUT2D eigenvalue weighted by molar-refractivity contribution is 0.719. The minimum Gasteiger partial charge on any atom is -0.380 e. The highest BCUT2D eigenvalue weighted by atomic mass is 32.1. The van der Waals surface area contributed by atoms with Crippen LogP contribution in [0.3, 0.4) is 0 Å². The molecule has 17 heavy (non-hydrogen) atoms. The SMILES string of the molecule is Cc1ccc2c(c1)[C@H](c1ccsc1C)NC=C2. The highest BCUT2D eigenvalue weighted by Crippen LogP contribution is 2.33. The molecule has 1 aromatic carbocycles. The average molecular weight is 241 g/mol. The standard InChI is InChI=1S/C15H15NS/c1-10-3-4-12-5-7-16-15(14(12)9-10)13-6-8-17-11(13)2/h3-9,15-16H,1-2H3/t15-/m0/s1. The van der Waals surface area contributed by atoms with Crippen molar-refractivity contribution in [1.29, 1.82) is 0 Å². The predicted molar refractivity (Wildman–Crippen MR) is 74.2 cm³/mol. The van der Waals surface area contributed by atoms with E-state index in [0.717, 1.165) is 0 Å². The number of benzene rings is 1. The summed E-state index contributed by atoms with van der Waals surface area (Å²) in [6.07, 6.45) is 4.20. The number of hydrogen-bond acceptors (Lipinski definition) is 2. The summed E-state index contributed by atoms with van der Waals surface area (Å²) in [5.74, 6) is 0. The van der Waals surface area contributed by atoms with Gasteiger partial charge in [0.25, 0.3) is 0 Å². The van der Waals surface area contributed by atoms with Crippen LogP contribution in [0.5, 0.6) is 0 Å². The molecule has 1 aromatic heterocycles. The third-order valence-corrected chi connectivity index (χ3v) is 4.15. The van der Waals surface area contributed by atoms with Gasteiger partial charge >= 0.3 is 0 Å². The van der Waals surface area contributed by atoms with Crippen LogP contribution in [0, 0.1) is 13.8 Å². The first kappa shape index (κ1) is 10.6. The van der Waals surface area contributed by atoms with Crippen molar-refractivity contribution >= 4 is 17.4 Å². The van der Waals surface area contributed by atoms with Crippen molar-refractivity contribution in [3.05, 3.63) is 63.0 Å². The van der Waals surface area contributed by atoms with Crippen LogP contribution >= 0.6 is 11.3 Å². The van der Waals surface area contributed by atoms with E-state index in [-0.39, 0.29) is 0 Å². The Hall–Kier alpha value is -1.54. The maximum atomic E-state index is 3.47. The molecule has 0 aliphatic carbocycles. The van der Waals surface area contributed by atoms with Crippen LogP contribution in [-0.2, 0) is 0 Å². The zero-order valence-electron chi connectivity index (χ0n) is 10.0. The van der Waals surface area contributed by atoms with Gasteiger partial charge in [-0.3, -0.25) is 0 Å². The van der Waals surface area contributed by atoms with Crippen LogP contribution in [0.4, 0.5) is 0 Å². The lowest BCUT2D eigenvalue weighted by Crippen LogP contribution is -2.21. The maximum Gasteiger partial charge on any atom is 0.0779 e. The van der Waals surface area contributed by atoms with Crippen molar-refractivity contribution in [3.8, 4) is 0 Å². The quantitative estimate of drug-likeness (QED) is 0.795. The van der Waals surface area contributed by atoms with Gasteiger partial charge in [-0.25, -0.2) is 0 Å². The zero-order chi connectivity index (χ0) is 11.8. The molecule has 3 rings (SSSR count). The summed E-state index contributed by atoms with van der Waals surface area (Å²) in [6.45, 7) is 4.34. The predicted octanol–water partition coefficient (Wildman–Crippen LogP) is 4.03. The van der Waals surface area contributed by atoms with Gasteiger partial charge in [0.2, 0.25) is 0 Å². The normalized spacial score (nSPS) is 17.6. The summed E-state index contributed by atoms with van der Waals surface area (Å²) >= 11 is 1.81. The Bertz CT molecular complexity index is 580. The third-order valence-electron chi connectivity index (χ3n) is 3.29. The number of thiophene rings is 1. The van der Waals surface area contributed by atoms with Crippen LogP contribution in [-0.4, -0.2) is 0 Å². The lowest BCUT2D eigenvalue weighted by atomic mass is 9.91. The Kier molecular flexibility index (Phi) is 2.52. The van der Waals surface area contributed by atoms with Gasteiger partial charge in [0, 0.05) is 4.88 Å². The van der Waals surface area contributed by atoms with Gasteiger partial charge in [0.1, 0.15) is 0 Å². The second kappa shape index (κ2) is 4.04. The molecule has 0 amide bonds. The van der Waals surface area contributed by atoms with E-state index in [1.54, 1.807) is 0 Å². The molecule has 1 N–H and O–H groups in total. The van der Waals surface area contributed by atoms with Gasteiger partial charge in [-0.15, -0.1) is 11.3 Å². The molecule has 0 bridgehead atoms. The highest BCUT2D eigenvalue weighted by Gasteiger charge is 2.20. The van der Waals surface area contributed by atoms with Gasteiger partial charge in [-0.1, -0.05) is 23.8 Å². The van der Waals surface area contributed by atoms with E-state index >= 15 is 0 Å². The second-order valence-corrected chi connectivity index (χ2v) is 5.62. The summed E-state index contributed by atoms with van der Waals surface area (Å²) in [5, 5.41) is 5.64. The number of hydrogen-bond donors (Lipinski definition) is 1. The summed E-state index contributed by atoms with van der Waals surface area (Å²) in [6, 6.07) is 9.19. The van der Waals surface area contributed by atoms with Crippen LogP contribution in [0.1, 0.15) is 33.2 Å². The molecule has 1 aliphatic rings. The lowest BCUT2D eigenvalue weighted by Gasteiger charge is -2.24. The Morgan fingerprint density at radius 3 is 2.76 bits per heavy atom. The maximum absolute atomic E-state index is 3.47. The molecule has 1 atom stereocenters. The number of aryl methyl sites for hydroxylation is 2. The van der Waals surface area contributed by atoms with E-state index < -0.39 is 0 Å². The molecular formula is C15H15NS. The number of fused-ring (bicyclic) bond motifs is 1. The van der Waals surface area contributed by atoms with Crippen LogP contribution in [0.25, 0.3) is 6.08 Å². The smallest absolute Gasteiger partial charge is 0.0779 e. The van der Waals surface area contributed by atoms with Crippen molar-refractivity contribution in [2.75, 3.05) is 0 Å². The summed E-state index contributed by atoms with van der Waals surface area (Å²) in [4.78, 5) is 1.39. The third kappa shape index (κ3) is 1.79. The first-order valence-corrected chi connectivity index (χ1v) is 6.71. The highest BCUT2D eigenvalue weighted by molar-refractivity contribution is 7.10. The minimum atomic E-state index is 0.307. The number of rotatable bonds is 1. The number of nitrogens with one attached hydrogen (secondary N) is 1. The van der Waals surface area contributed by atoms with E-state index in [0.29, 0.717) is 6.04 Å². The fourth-order valence-electron chi connectivity index (χ4n) is 2.37. The van der Waals surface area contributed by atoms with Crippen LogP contribution < -0.4 is 5.32 Å². The van der Waals surface area contributed by atoms with Crippen LogP contribution in [0.2, 0.25) is 0 Å². The molecule has 0 saturated carbocycles. The Morgan fingerprint density at radius 2 is 2.00 bits per heavy atom. The van der Waals surface area contributed by atoms with Gasteiger partial charge in [0.05, 0.1) is 6.04 Å². The molecule has 2 heteroatoms. The fraction of sp³-hybridized carbons (Fsp3) is 0.200. The molecule has 2 heterocycles. The van der Waals surface area contributed by atoms with E-state index in [2.05, 4.69) is 61.1 Å². The fourth-order valence-corrected chi connectivity index (χ4v) is 3.11. The topological polar surface area (TPSA) is 12.0 Å². The van der Waals surface area contributed by atoms with E-state index in [1.165, 1.54) is 27.1 Å². The van der Waals surface area contributed by atoms with Crippen molar-refractivity contribution in [2.24, 2.45) is 0 Å². The van der Waals surface area contributed by atoms with Gasteiger partial charge in [0.15, 0.2) is 0 Å². The Balaban J connectivity index is 2.14. The van der Waals surface area contributed by atoms with Crippen molar-refractivity contribution in [2.45, 2.75) is 19.9 Å². The Labute approximate surface area is 106 Å². The molecule has 0 radical (unpaired) electrons. The van der Waals surface area contributed by atoms with E-state index in [1.807, 2.05) is 11.3 Å². The average Bonchev–Trinajstić information content (AvgIpc) is 2.74. The molecule has 2 aromatic rings. The molecular weight excluding hydrogens is 226 g/mol. The molecule has 86 valence electrons. The molecule has 1 aliphatic heterocycles. The first-order chi connectivity index (χ1) is 8.25. The van der Waals surface area contributed by atoms with Crippen LogP contribution in [0.15, 0.2) is 35.8 Å². The van der Waals surface area contributed by atoms with E-state index in [4.69, 9.17) is 0 Å². The minimum absolute atomic E-state index is 0.307. The molecule has 0 spiro atoms.